The third kappa shape index (κ3) is 6.73. The molecule has 0 atom stereocenters. The van der Waals surface area contributed by atoms with E-state index in [0.29, 0.717) is 4.90 Å². The maximum Gasteiger partial charge on any atom is 0.488 e. The lowest BCUT2D eigenvalue weighted by Crippen LogP contribution is -2.30. The van der Waals surface area contributed by atoms with Crippen molar-refractivity contribution in [3.8, 4) is 0 Å². The van der Waals surface area contributed by atoms with Crippen LogP contribution in [0.15, 0.2) is 58.3 Å². The number of nitrogens with one attached hydrogen (secondary N) is 1. The second-order valence-corrected chi connectivity index (χ2v) is 9.96. The van der Waals surface area contributed by atoms with Gasteiger partial charge in [-0.2, -0.15) is 0 Å². The molecule has 0 aromatic heterocycles. The van der Waals surface area contributed by atoms with Gasteiger partial charge in [0.05, 0.1) is 15.5 Å². The highest BCUT2D eigenvalue weighted by atomic mass is 32.2. The molecule has 2 rings (SSSR count). The topological polar surface area (TPSA) is 141 Å². The van der Waals surface area contributed by atoms with Crippen molar-refractivity contribution < 1.29 is 31.9 Å². The Morgan fingerprint density at radius 3 is 1.61 bits per heavy atom. The Balaban J connectivity index is 0.000000280. The molecular weight excluding hydrogens is 404 g/mol. The summed E-state index contributed by atoms with van der Waals surface area (Å²) in [6.07, 6.45) is 0. The number of sulfonamides is 1. The molecule has 0 heterocycles. The van der Waals surface area contributed by atoms with Crippen molar-refractivity contribution in [1.29, 1.82) is 0 Å². The lowest BCUT2D eigenvalue weighted by molar-refractivity contribution is 0.425. The van der Waals surface area contributed by atoms with Crippen LogP contribution in [0, 0.1) is 0 Å². The fraction of sp³-hybridized carbons (Fsp3) is 0.250. The van der Waals surface area contributed by atoms with Gasteiger partial charge in [-0.3, -0.25) is 0 Å². The molecule has 2 aromatic carbocycles. The summed E-state index contributed by atoms with van der Waals surface area (Å²) in [5, 5.41) is 26.8. The molecule has 0 amide bonds. The van der Waals surface area contributed by atoms with Crippen LogP contribution in [0.25, 0.3) is 0 Å². The van der Waals surface area contributed by atoms with Crippen LogP contribution in [-0.4, -0.2) is 58.7 Å². The van der Waals surface area contributed by atoms with E-state index in [0.717, 1.165) is 5.46 Å². The normalized spacial score (nSPS) is 11.4. The fourth-order valence-corrected chi connectivity index (χ4v) is 3.67. The molecule has 0 aliphatic rings. The van der Waals surface area contributed by atoms with Crippen molar-refractivity contribution in [2.75, 3.05) is 12.8 Å². The lowest BCUT2D eigenvalue weighted by Gasteiger charge is -2.03. The van der Waals surface area contributed by atoms with Gasteiger partial charge in [-0.25, -0.2) is 21.6 Å². The summed E-state index contributed by atoms with van der Waals surface area (Å²) >= 11 is 0. The van der Waals surface area contributed by atoms with Crippen molar-refractivity contribution >= 4 is 44.8 Å². The summed E-state index contributed by atoms with van der Waals surface area (Å²) in [6, 6.07) is 11.6. The first kappa shape index (κ1) is 24.3. The minimum Gasteiger partial charge on any atom is -0.447 e. The number of benzene rings is 2. The Hall–Kier alpha value is -1.69. The van der Waals surface area contributed by atoms with Gasteiger partial charge >= 0.3 is 14.0 Å². The Morgan fingerprint density at radius 2 is 1.25 bits per heavy atom. The minimum absolute atomic E-state index is 0.0874. The lowest BCUT2D eigenvalue weighted by atomic mass is 9.64. The fourth-order valence-electron chi connectivity index (χ4n) is 2.06. The highest BCUT2D eigenvalue weighted by Crippen LogP contribution is 2.08. The second-order valence-electron chi connectivity index (χ2n) is 5.80. The molecule has 2 aromatic rings. The zero-order valence-corrected chi connectivity index (χ0v) is 17.4. The molecule has 0 saturated heterocycles. The van der Waals surface area contributed by atoms with Gasteiger partial charge in [0.25, 0.3) is 0 Å². The average Bonchev–Trinajstić information content (AvgIpc) is 2.68. The first-order chi connectivity index (χ1) is 12.9. The van der Waals surface area contributed by atoms with Crippen molar-refractivity contribution in [3.05, 3.63) is 48.5 Å². The van der Waals surface area contributed by atoms with Crippen LogP contribution in [0.3, 0.4) is 0 Å². The van der Waals surface area contributed by atoms with Gasteiger partial charge in [0.1, 0.15) is 0 Å². The molecule has 0 fully saturated rings. The van der Waals surface area contributed by atoms with E-state index in [9.17, 15) is 21.9 Å². The zero-order valence-electron chi connectivity index (χ0n) is 15.8. The quantitative estimate of drug-likeness (QED) is 0.415. The maximum absolute atomic E-state index is 11.4. The predicted octanol–water partition coefficient (Wildman–Crippen LogP) is -1.42. The van der Waals surface area contributed by atoms with Crippen molar-refractivity contribution in [2.24, 2.45) is 0 Å². The van der Waals surface area contributed by atoms with Gasteiger partial charge in [0.2, 0.25) is 10.0 Å². The molecule has 4 N–H and O–H groups in total. The van der Waals surface area contributed by atoms with Gasteiger partial charge in [-0.15, -0.1) is 0 Å². The molecule has 12 heteroatoms. The number of hydrogen-bond donors (Lipinski definition) is 4. The van der Waals surface area contributed by atoms with Crippen molar-refractivity contribution in [2.45, 2.75) is 23.5 Å². The van der Waals surface area contributed by atoms with Gasteiger partial charge < -0.3 is 15.1 Å². The van der Waals surface area contributed by atoms with Crippen LogP contribution in [0.4, 0.5) is 0 Å². The molecule has 0 unspecified atom stereocenters. The van der Waals surface area contributed by atoms with Crippen LogP contribution in [0.5, 0.6) is 0 Å². The van der Waals surface area contributed by atoms with E-state index in [1.165, 1.54) is 43.4 Å². The highest BCUT2D eigenvalue weighted by Gasteiger charge is 2.14. The number of rotatable bonds is 6. The predicted molar refractivity (Wildman–Crippen MR) is 110 cm³/mol. The third-order valence-corrected chi connectivity index (χ3v) is 7.04. The van der Waals surface area contributed by atoms with E-state index in [2.05, 4.69) is 4.72 Å². The summed E-state index contributed by atoms with van der Waals surface area (Å²) in [7, 11) is -6.85. The molecule has 0 saturated carbocycles. The van der Waals surface area contributed by atoms with Gasteiger partial charge in [0, 0.05) is 0 Å². The van der Waals surface area contributed by atoms with E-state index >= 15 is 0 Å². The first-order valence-electron chi connectivity index (χ1n) is 8.35. The largest absolute Gasteiger partial charge is 0.488 e. The molecule has 8 nitrogen and oxygen atoms in total. The van der Waals surface area contributed by atoms with Crippen molar-refractivity contribution in [3.63, 3.8) is 0 Å². The Labute approximate surface area is 166 Å². The molecule has 0 aliphatic heterocycles. The summed E-state index contributed by atoms with van der Waals surface area (Å²) < 4.78 is 47.5. The maximum atomic E-state index is 11.4. The SMILES string of the molecule is CCS(=O)(=O)c1ccc(B(C)O)cc1.CNS(=O)(=O)c1ccc(B(O)O)cc1. The van der Waals surface area contributed by atoms with Crippen LogP contribution >= 0.6 is 0 Å². The summed E-state index contributed by atoms with van der Waals surface area (Å²) in [4.78, 5) is 0.397. The van der Waals surface area contributed by atoms with Crippen LogP contribution in [-0.2, 0) is 19.9 Å². The number of sulfone groups is 1. The molecule has 152 valence electrons. The van der Waals surface area contributed by atoms with E-state index in [1.54, 1.807) is 25.9 Å². The Bertz CT molecular complexity index is 878. The first-order valence-corrected chi connectivity index (χ1v) is 11.5. The van der Waals surface area contributed by atoms with Crippen LogP contribution in [0.2, 0.25) is 6.82 Å². The van der Waals surface area contributed by atoms with E-state index < -0.39 is 33.9 Å². The summed E-state index contributed by atoms with van der Waals surface area (Å²) in [6.45, 7) is 2.69. The number of hydrogen-bond acceptors (Lipinski definition) is 7. The van der Waals surface area contributed by atoms with Gasteiger partial charge in [0.15, 0.2) is 9.84 Å². The van der Waals surface area contributed by atoms with E-state index in [-0.39, 0.29) is 16.1 Å². The minimum atomic E-state index is -3.45. The average molecular weight is 427 g/mol. The van der Waals surface area contributed by atoms with E-state index in [1.807, 2.05) is 0 Å². The molecule has 0 spiro atoms. The molecular formula is C16H23B2NO7S2. The molecule has 28 heavy (non-hydrogen) atoms. The van der Waals surface area contributed by atoms with Crippen molar-refractivity contribution in [1.82, 2.24) is 4.72 Å². The summed E-state index contributed by atoms with van der Waals surface area (Å²) in [5.41, 5.74) is 0.972. The molecule has 0 bridgehead atoms. The van der Waals surface area contributed by atoms with Gasteiger partial charge in [-0.05, 0) is 42.2 Å². The summed E-state index contributed by atoms with van der Waals surface area (Å²) in [5.74, 6) is 0.0982. The third-order valence-electron chi connectivity index (χ3n) is 3.86. The Morgan fingerprint density at radius 1 is 0.821 bits per heavy atom. The zero-order chi connectivity index (χ0) is 21.5. The highest BCUT2D eigenvalue weighted by molar-refractivity contribution is 7.91. The second kappa shape index (κ2) is 10.2. The van der Waals surface area contributed by atoms with E-state index in [4.69, 9.17) is 10.0 Å². The van der Waals surface area contributed by atoms with Crippen LogP contribution in [0.1, 0.15) is 6.92 Å². The van der Waals surface area contributed by atoms with Crippen LogP contribution < -0.4 is 15.6 Å². The van der Waals surface area contributed by atoms with Gasteiger partial charge in [-0.1, -0.05) is 38.0 Å². The molecule has 0 radical (unpaired) electrons. The smallest absolute Gasteiger partial charge is 0.447 e. The molecule has 0 aliphatic carbocycles. The Kier molecular flexibility index (Phi) is 8.86. The standard InChI is InChI=1S/C9H13BO3S.C7H10BNO4S/c1-3-14(12,13)9-6-4-8(5-7-9)10(2)11;1-9-14(12,13)7-4-2-6(3-5-7)8(10)11/h4-7,11H,3H2,1-2H3;2-5,9-11H,1H3. The monoisotopic (exact) mass is 427 g/mol.